The van der Waals surface area contributed by atoms with Crippen molar-refractivity contribution in [1.82, 2.24) is 4.31 Å². The van der Waals surface area contributed by atoms with Gasteiger partial charge in [-0.1, -0.05) is 11.6 Å². The van der Waals surface area contributed by atoms with Crippen molar-refractivity contribution in [2.75, 3.05) is 26.0 Å². The lowest BCUT2D eigenvalue weighted by Gasteiger charge is -2.16. The Labute approximate surface area is 157 Å². The van der Waals surface area contributed by atoms with Crippen molar-refractivity contribution < 1.29 is 17.9 Å². The molecule has 0 atom stereocenters. The van der Waals surface area contributed by atoms with Crippen LogP contribution in [0, 0.1) is 0 Å². The van der Waals surface area contributed by atoms with Crippen LogP contribution in [0.15, 0.2) is 38.3 Å². The number of rotatable bonds is 6. The summed E-state index contributed by atoms with van der Waals surface area (Å²) >= 11 is 10.2. The van der Waals surface area contributed by atoms with Crippen molar-refractivity contribution in [2.24, 2.45) is 0 Å². The number of methoxy groups -OCH3 is 1. The van der Waals surface area contributed by atoms with E-state index in [2.05, 4.69) is 21.2 Å². The van der Waals surface area contributed by atoms with E-state index in [4.69, 9.17) is 16.3 Å². The predicted octanol–water partition coefficient (Wildman–Crippen LogP) is 3.43. The van der Waals surface area contributed by atoms with Crippen LogP contribution in [0.4, 0.5) is 5.69 Å². The third kappa shape index (κ3) is 4.48. The second-order valence-electron chi connectivity index (χ2n) is 4.71. The molecule has 0 saturated heterocycles. The van der Waals surface area contributed by atoms with Crippen LogP contribution in [0.25, 0.3) is 0 Å². The molecule has 2 rings (SSSR count). The number of amides is 1. The summed E-state index contributed by atoms with van der Waals surface area (Å²) in [7, 11) is -0.918. The van der Waals surface area contributed by atoms with E-state index in [-0.39, 0.29) is 10.8 Å². The predicted molar refractivity (Wildman–Crippen MR) is 98.5 cm³/mol. The molecular formula is C14H14BrClN2O4S2. The molecule has 0 radical (unpaired) electrons. The van der Waals surface area contributed by atoms with Gasteiger partial charge in [0.1, 0.15) is 9.96 Å². The first-order valence-corrected chi connectivity index (χ1v) is 10.0. The first-order valence-electron chi connectivity index (χ1n) is 6.59. The van der Waals surface area contributed by atoms with Crippen LogP contribution in [0.3, 0.4) is 0 Å². The Bertz CT molecular complexity index is 854. The van der Waals surface area contributed by atoms with E-state index < -0.39 is 15.9 Å². The highest BCUT2D eigenvalue weighted by Gasteiger charge is 2.25. The molecule has 1 aromatic carbocycles. The Morgan fingerprint density at radius 3 is 2.67 bits per heavy atom. The van der Waals surface area contributed by atoms with Crippen LogP contribution >= 0.6 is 38.9 Å². The van der Waals surface area contributed by atoms with Crippen LogP contribution < -0.4 is 10.1 Å². The fourth-order valence-electron chi connectivity index (χ4n) is 1.84. The zero-order valence-corrected chi connectivity index (χ0v) is 16.7. The Balaban J connectivity index is 2.11. The summed E-state index contributed by atoms with van der Waals surface area (Å²) in [5.41, 5.74) is 0.375. The number of benzene rings is 1. The Kier molecular flexibility index (Phi) is 6.27. The molecule has 0 bridgehead atoms. The molecule has 0 unspecified atom stereocenters. The Morgan fingerprint density at radius 1 is 1.38 bits per heavy atom. The van der Waals surface area contributed by atoms with Crippen LogP contribution in [0.2, 0.25) is 5.02 Å². The summed E-state index contributed by atoms with van der Waals surface area (Å²) in [6, 6.07) is 7.90. The van der Waals surface area contributed by atoms with E-state index in [1.807, 2.05) is 0 Å². The number of hydrogen-bond acceptors (Lipinski definition) is 5. The van der Waals surface area contributed by atoms with Gasteiger partial charge in [0.25, 0.3) is 10.0 Å². The molecule has 0 aliphatic rings. The van der Waals surface area contributed by atoms with Gasteiger partial charge in [0.05, 0.1) is 23.1 Å². The smallest absolute Gasteiger partial charge is 0.252 e. The molecule has 24 heavy (non-hydrogen) atoms. The van der Waals surface area contributed by atoms with Crippen LogP contribution in [0.5, 0.6) is 5.75 Å². The molecule has 6 nitrogen and oxygen atoms in total. The van der Waals surface area contributed by atoms with Crippen molar-refractivity contribution in [1.29, 1.82) is 0 Å². The van der Waals surface area contributed by atoms with Crippen molar-refractivity contribution >= 4 is 60.5 Å². The summed E-state index contributed by atoms with van der Waals surface area (Å²) in [6.45, 7) is -0.340. The maximum Gasteiger partial charge on any atom is 0.252 e. The molecule has 0 fully saturated rings. The summed E-state index contributed by atoms with van der Waals surface area (Å²) in [5.74, 6) is -0.0716. The number of carbonyl (C=O) groups is 1. The van der Waals surface area contributed by atoms with E-state index in [9.17, 15) is 13.2 Å². The quantitative estimate of drug-likeness (QED) is 0.727. The minimum atomic E-state index is -3.73. The molecule has 1 aromatic heterocycles. The first-order chi connectivity index (χ1) is 11.2. The largest absolute Gasteiger partial charge is 0.495 e. The van der Waals surface area contributed by atoms with Gasteiger partial charge < -0.3 is 10.1 Å². The van der Waals surface area contributed by atoms with E-state index in [0.29, 0.717) is 20.2 Å². The lowest BCUT2D eigenvalue weighted by Crippen LogP contribution is -2.34. The number of nitrogens with zero attached hydrogens (tertiary/aromatic N) is 1. The number of thiophene rings is 1. The van der Waals surface area contributed by atoms with Crippen LogP contribution in [-0.4, -0.2) is 39.3 Å². The SMILES string of the molecule is COc1ccc(Cl)cc1NC(=O)CN(C)S(=O)(=O)c1ccc(Br)s1. The summed E-state index contributed by atoms with van der Waals surface area (Å²) in [6.07, 6.45) is 0. The molecule has 0 spiro atoms. The number of carbonyl (C=O) groups excluding carboxylic acids is 1. The van der Waals surface area contributed by atoms with E-state index in [1.165, 1.54) is 26.3 Å². The summed E-state index contributed by atoms with van der Waals surface area (Å²) in [5, 5.41) is 3.03. The average Bonchev–Trinajstić information content (AvgIpc) is 2.94. The molecule has 1 amide bonds. The fourth-order valence-corrected chi connectivity index (χ4v) is 5.36. The van der Waals surface area contributed by atoms with Crippen LogP contribution in [-0.2, 0) is 14.8 Å². The van der Waals surface area contributed by atoms with Gasteiger partial charge in [0, 0.05) is 12.1 Å². The maximum absolute atomic E-state index is 12.4. The number of likely N-dealkylation sites (N-methyl/N-ethyl adjacent to an activating group) is 1. The molecule has 0 aliphatic carbocycles. The average molecular weight is 454 g/mol. The number of ether oxygens (including phenoxy) is 1. The molecule has 0 aliphatic heterocycles. The normalized spacial score (nSPS) is 11.5. The van der Waals surface area contributed by atoms with E-state index in [0.717, 1.165) is 15.6 Å². The lowest BCUT2D eigenvalue weighted by atomic mass is 10.3. The van der Waals surface area contributed by atoms with Gasteiger partial charge in [-0.15, -0.1) is 11.3 Å². The zero-order chi connectivity index (χ0) is 17.9. The minimum absolute atomic E-state index is 0.157. The van der Waals surface area contributed by atoms with Gasteiger partial charge in [-0.2, -0.15) is 4.31 Å². The number of sulfonamides is 1. The number of hydrogen-bond donors (Lipinski definition) is 1. The molecule has 1 N–H and O–H groups in total. The highest BCUT2D eigenvalue weighted by atomic mass is 79.9. The van der Waals surface area contributed by atoms with Crippen molar-refractivity contribution in [3.63, 3.8) is 0 Å². The second kappa shape index (κ2) is 7.83. The van der Waals surface area contributed by atoms with Gasteiger partial charge in [0.15, 0.2) is 0 Å². The number of nitrogens with one attached hydrogen (secondary N) is 1. The van der Waals surface area contributed by atoms with Crippen LogP contribution in [0.1, 0.15) is 0 Å². The van der Waals surface area contributed by atoms with Crippen molar-refractivity contribution in [2.45, 2.75) is 4.21 Å². The van der Waals surface area contributed by atoms with Gasteiger partial charge in [-0.05, 0) is 46.3 Å². The van der Waals surface area contributed by atoms with Crippen molar-refractivity contribution in [3.05, 3.63) is 39.1 Å². The van der Waals surface area contributed by atoms with E-state index in [1.54, 1.807) is 18.2 Å². The molecule has 130 valence electrons. The van der Waals surface area contributed by atoms with Crippen molar-refractivity contribution in [3.8, 4) is 5.75 Å². The first kappa shape index (κ1) is 19.2. The molecule has 0 saturated carbocycles. The highest BCUT2D eigenvalue weighted by Crippen LogP contribution is 2.29. The standard InChI is InChI=1S/C14H14BrClN2O4S2/c1-18(24(20,21)14-6-5-12(15)23-14)8-13(19)17-10-7-9(16)3-4-11(10)22-2/h3-7H,8H2,1-2H3,(H,17,19). The monoisotopic (exact) mass is 452 g/mol. The number of halogens is 2. The third-order valence-electron chi connectivity index (χ3n) is 3.01. The maximum atomic E-state index is 12.4. The summed E-state index contributed by atoms with van der Waals surface area (Å²) < 4.78 is 31.8. The molecule has 2 aromatic rings. The zero-order valence-electron chi connectivity index (χ0n) is 12.7. The Hall–Kier alpha value is -1.13. The second-order valence-corrected chi connectivity index (χ2v) is 9.88. The minimum Gasteiger partial charge on any atom is -0.495 e. The van der Waals surface area contributed by atoms with Gasteiger partial charge in [-0.25, -0.2) is 8.42 Å². The molecule has 1 heterocycles. The molecular weight excluding hydrogens is 440 g/mol. The van der Waals surface area contributed by atoms with Gasteiger partial charge >= 0.3 is 0 Å². The third-order valence-corrected chi connectivity index (χ3v) is 7.14. The number of anilines is 1. The Morgan fingerprint density at radius 2 is 2.08 bits per heavy atom. The van der Waals surface area contributed by atoms with E-state index >= 15 is 0 Å². The topological polar surface area (TPSA) is 75.7 Å². The van der Waals surface area contributed by atoms with Gasteiger partial charge in [-0.3, -0.25) is 4.79 Å². The fraction of sp³-hybridized carbons (Fsp3) is 0.214. The molecule has 10 heteroatoms. The summed E-state index contributed by atoms with van der Waals surface area (Å²) in [4.78, 5) is 12.2. The highest BCUT2D eigenvalue weighted by molar-refractivity contribution is 9.11. The van der Waals surface area contributed by atoms with Gasteiger partial charge in [0.2, 0.25) is 5.91 Å². The lowest BCUT2D eigenvalue weighted by molar-refractivity contribution is -0.116.